The lowest BCUT2D eigenvalue weighted by molar-refractivity contribution is 0.0150. The van der Waals surface area contributed by atoms with Crippen LogP contribution >= 0.6 is 0 Å². The Hall–Kier alpha value is -3.74. The summed E-state index contributed by atoms with van der Waals surface area (Å²) < 4.78 is 20.1. The first-order valence-corrected chi connectivity index (χ1v) is 20.5. The van der Waals surface area contributed by atoms with Crippen molar-refractivity contribution >= 4 is 14.2 Å². The van der Waals surface area contributed by atoms with Crippen molar-refractivity contribution in [2.45, 2.75) is 104 Å². The zero-order chi connectivity index (χ0) is 33.8. The highest BCUT2D eigenvalue weighted by molar-refractivity contribution is 6.76. The number of aromatic nitrogens is 5. The van der Waals surface area contributed by atoms with Crippen LogP contribution < -0.4 is 5.32 Å². The fraction of sp³-hybridized carbons (Fsp3) is 0.543. The molecule has 0 radical (unpaired) electrons. The first-order chi connectivity index (χ1) is 22.3. The number of rotatable bonds is 13. The Kier molecular flexibility index (Phi) is 10.7. The van der Waals surface area contributed by atoms with Gasteiger partial charge in [0.25, 0.3) is 0 Å². The van der Waals surface area contributed by atoms with Crippen LogP contribution in [0.15, 0.2) is 47.3 Å². The quantitative estimate of drug-likeness (QED) is 0.109. The number of carbonyl (C=O) groups excluding carboxylic acids is 1. The van der Waals surface area contributed by atoms with Gasteiger partial charge in [-0.1, -0.05) is 50.8 Å². The van der Waals surface area contributed by atoms with Gasteiger partial charge < -0.3 is 28.8 Å². The second-order valence-corrected chi connectivity index (χ2v) is 20.2. The second kappa shape index (κ2) is 14.6. The van der Waals surface area contributed by atoms with Crippen molar-refractivity contribution in [1.82, 2.24) is 34.7 Å². The Morgan fingerprint density at radius 2 is 1.89 bits per heavy atom. The average molecular weight is 662 g/mol. The minimum atomic E-state index is -1.25. The van der Waals surface area contributed by atoms with Gasteiger partial charge in [-0.25, -0.2) is 19.7 Å². The normalized spacial score (nSPS) is 16.0. The number of oxazole rings is 1. The van der Waals surface area contributed by atoms with Crippen LogP contribution in [-0.4, -0.2) is 68.9 Å². The minimum Gasteiger partial charge on any atom is -0.444 e. The first-order valence-electron chi connectivity index (χ1n) is 16.8. The number of H-pyrrole nitrogens is 1. The van der Waals surface area contributed by atoms with E-state index in [1.807, 2.05) is 63.7 Å². The van der Waals surface area contributed by atoms with Crippen molar-refractivity contribution in [3.05, 3.63) is 54.5 Å². The van der Waals surface area contributed by atoms with Gasteiger partial charge in [0.15, 0.2) is 5.76 Å². The molecule has 11 nitrogen and oxygen atoms in total. The van der Waals surface area contributed by atoms with E-state index >= 15 is 0 Å². The molecule has 0 saturated carbocycles. The number of carbonyl (C=O) groups is 1. The van der Waals surface area contributed by atoms with Crippen molar-refractivity contribution < 1.29 is 18.7 Å². The Labute approximate surface area is 279 Å². The molecule has 1 saturated heterocycles. The van der Waals surface area contributed by atoms with Crippen molar-refractivity contribution in [1.29, 1.82) is 0 Å². The van der Waals surface area contributed by atoms with Crippen LogP contribution in [0.5, 0.6) is 0 Å². The van der Waals surface area contributed by atoms with E-state index in [2.05, 4.69) is 52.0 Å². The molecule has 254 valence electrons. The van der Waals surface area contributed by atoms with Gasteiger partial charge in [-0.15, -0.1) is 0 Å². The summed E-state index contributed by atoms with van der Waals surface area (Å²) >= 11 is 0. The molecule has 4 aromatic rings. The Bertz CT molecular complexity index is 1610. The molecule has 2 N–H and O–H groups in total. The van der Waals surface area contributed by atoms with Crippen molar-refractivity contribution in [3.8, 4) is 34.2 Å². The molecular weight excluding hydrogens is 611 g/mol. The SMILES string of the molecule is CCCN(C(=O)OC(C)(C)C)[C@@H](C)c1nc(-c2ncc(-c3ccc(-c4cnc([C@@H]5CCCN5)[nH]4)cc3)o2)cn1COCC[Si](C)(C)C. The number of ether oxygens (including phenoxy) is 2. The third-order valence-electron chi connectivity index (χ3n) is 8.16. The Morgan fingerprint density at radius 3 is 2.55 bits per heavy atom. The van der Waals surface area contributed by atoms with E-state index in [1.54, 1.807) is 11.1 Å². The van der Waals surface area contributed by atoms with Crippen molar-refractivity contribution in [2.75, 3.05) is 19.7 Å². The summed E-state index contributed by atoms with van der Waals surface area (Å²) in [6, 6.07) is 9.15. The van der Waals surface area contributed by atoms with Crippen LogP contribution in [0.2, 0.25) is 25.7 Å². The number of hydrogen-bond acceptors (Lipinski definition) is 8. The van der Waals surface area contributed by atoms with Gasteiger partial charge in [-0.05, 0) is 65.1 Å². The summed E-state index contributed by atoms with van der Waals surface area (Å²) in [7, 11) is -1.25. The molecule has 1 fully saturated rings. The van der Waals surface area contributed by atoms with Gasteiger partial charge in [0, 0.05) is 33.0 Å². The maximum Gasteiger partial charge on any atom is 0.410 e. The molecule has 5 rings (SSSR count). The van der Waals surface area contributed by atoms with Gasteiger partial charge in [0.05, 0.1) is 30.2 Å². The number of imidazole rings is 2. The summed E-state index contributed by atoms with van der Waals surface area (Å²) in [6.07, 6.45) is 8.20. The molecule has 1 aliphatic heterocycles. The van der Waals surface area contributed by atoms with Gasteiger partial charge in [-0.2, -0.15) is 0 Å². The highest BCUT2D eigenvalue weighted by atomic mass is 28.3. The molecule has 2 atom stereocenters. The zero-order valence-electron chi connectivity index (χ0n) is 29.2. The number of benzene rings is 1. The molecule has 12 heteroatoms. The number of hydrogen-bond donors (Lipinski definition) is 2. The molecule has 3 aromatic heterocycles. The van der Waals surface area contributed by atoms with Crippen LogP contribution in [0.4, 0.5) is 4.79 Å². The predicted octanol–water partition coefficient (Wildman–Crippen LogP) is 8.04. The molecule has 4 heterocycles. The first kappa shape index (κ1) is 34.6. The largest absolute Gasteiger partial charge is 0.444 e. The zero-order valence-corrected chi connectivity index (χ0v) is 30.2. The maximum atomic E-state index is 13.3. The Morgan fingerprint density at radius 1 is 1.15 bits per heavy atom. The van der Waals surface area contributed by atoms with Crippen LogP contribution in [-0.2, 0) is 16.2 Å². The molecule has 0 spiro atoms. The van der Waals surface area contributed by atoms with E-state index in [0.29, 0.717) is 49.1 Å². The van der Waals surface area contributed by atoms with Crippen LogP contribution in [0, 0.1) is 0 Å². The van der Waals surface area contributed by atoms with Crippen LogP contribution in [0.3, 0.4) is 0 Å². The highest BCUT2D eigenvalue weighted by Gasteiger charge is 2.30. The van der Waals surface area contributed by atoms with Gasteiger partial charge >= 0.3 is 6.09 Å². The monoisotopic (exact) mass is 661 g/mol. The lowest BCUT2D eigenvalue weighted by Gasteiger charge is -2.31. The molecule has 47 heavy (non-hydrogen) atoms. The van der Waals surface area contributed by atoms with Crippen LogP contribution in [0.1, 0.15) is 77.6 Å². The molecule has 0 bridgehead atoms. The number of aromatic amines is 1. The van der Waals surface area contributed by atoms with Gasteiger partial charge in [0.2, 0.25) is 5.89 Å². The molecule has 1 aromatic carbocycles. The molecule has 1 amide bonds. The smallest absolute Gasteiger partial charge is 0.410 e. The van der Waals surface area contributed by atoms with E-state index in [4.69, 9.17) is 18.9 Å². The molecular formula is C35H51N7O4Si. The summed E-state index contributed by atoms with van der Waals surface area (Å²) in [4.78, 5) is 32.6. The van der Waals surface area contributed by atoms with E-state index in [0.717, 1.165) is 48.1 Å². The average Bonchev–Trinajstić information content (AvgIpc) is 3.82. The predicted molar refractivity (Wildman–Crippen MR) is 186 cm³/mol. The molecule has 1 aliphatic rings. The van der Waals surface area contributed by atoms with E-state index < -0.39 is 13.7 Å². The summed E-state index contributed by atoms with van der Waals surface area (Å²) in [6.45, 7) is 19.2. The summed E-state index contributed by atoms with van der Waals surface area (Å²) in [5.41, 5.74) is 2.92. The molecule has 0 unspecified atom stereocenters. The van der Waals surface area contributed by atoms with Gasteiger partial charge in [-0.3, -0.25) is 4.90 Å². The third kappa shape index (κ3) is 8.99. The van der Waals surface area contributed by atoms with E-state index in [-0.39, 0.29) is 12.1 Å². The van der Waals surface area contributed by atoms with E-state index in [9.17, 15) is 4.79 Å². The number of amides is 1. The van der Waals surface area contributed by atoms with Crippen LogP contribution in [0.25, 0.3) is 34.2 Å². The van der Waals surface area contributed by atoms with Crippen molar-refractivity contribution in [2.24, 2.45) is 0 Å². The number of nitrogens with zero attached hydrogens (tertiary/aromatic N) is 5. The maximum absolute atomic E-state index is 13.3. The Balaban J connectivity index is 1.37. The summed E-state index contributed by atoms with van der Waals surface area (Å²) in [5.74, 6) is 2.71. The topological polar surface area (TPSA) is 123 Å². The number of nitrogens with one attached hydrogen (secondary N) is 2. The fourth-order valence-electron chi connectivity index (χ4n) is 5.57. The highest BCUT2D eigenvalue weighted by Crippen LogP contribution is 2.31. The van der Waals surface area contributed by atoms with Crippen molar-refractivity contribution in [3.63, 3.8) is 0 Å². The minimum absolute atomic E-state index is 0.298. The second-order valence-electron chi connectivity index (χ2n) is 14.6. The lowest BCUT2D eigenvalue weighted by atomic mass is 10.1. The third-order valence-corrected chi connectivity index (χ3v) is 9.86. The summed E-state index contributed by atoms with van der Waals surface area (Å²) in [5, 5.41) is 3.49. The molecule has 0 aliphatic carbocycles. The lowest BCUT2D eigenvalue weighted by Crippen LogP contribution is -2.39. The fourth-order valence-corrected chi connectivity index (χ4v) is 6.33. The standard InChI is InChI=1S/C35H51N7O4Si/c1-9-17-42(34(43)46-35(3,4)5)24(2)32-40-29(22-41(32)23-44-18-19-47(6,7)8)33-38-21-30(45-33)26-14-12-25(13-15-26)28-20-37-31(39-28)27-11-10-16-36-27/h12-15,20-22,24,27,36H,9-11,16-19,23H2,1-8H3,(H,37,39)/t24-,27-/m0/s1. The van der Waals surface area contributed by atoms with E-state index in [1.165, 1.54) is 6.42 Å². The van der Waals surface area contributed by atoms with Gasteiger partial charge in [0.1, 0.15) is 29.7 Å².